The van der Waals surface area contributed by atoms with E-state index in [9.17, 15) is 13.2 Å². The van der Waals surface area contributed by atoms with Crippen LogP contribution in [0.1, 0.15) is 26.7 Å². The third-order valence-corrected chi connectivity index (χ3v) is 5.06. The van der Waals surface area contributed by atoms with E-state index in [0.717, 1.165) is 6.42 Å². The van der Waals surface area contributed by atoms with Crippen molar-refractivity contribution in [3.05, 3.63) is 0 Å². The largest absolute Gasteiger partial charge is 0.299 e. The number of hydrogen-bond acceptors (Lipinski definition) is 3. The molecule has 0 aromatic carbocycles. The van der Waals surface area contributed by atoms with Gasteiger partial charge in [0.25, 0.3) is 10.1 Å². The van der Waals surface area contributed by atoms with Crippen LogP contribution in [0.25, 0.3) is 0 Å². The Morgan fingerprint density at radius 3 is 2.53 bits per heavy atom. The number of rotatable bonds is 2. The van der Waals surface area contributed by atoms with Gasteiger partial charge in [0.2, 0.25) is 0 Å². The van der Waals surface area contributed by atoms with Crippen molar-refractivity contribution in [3.63, 3.8) is 0 Å². The van der Waals surface area contributed by atoms with Crippen LogP contribution in [0.2, 0.25) is 0 Å². The maximum absolute atomic E-state index is 11.6. The monoisotopic (exact) mass is 232 g/mol. The molecule has 3 aliphatic rings. The zero-order valence-electron chi connectivity index (χ0n) is 8.93. The van der Waals surface area contributed by atoms with Gasteiger partial charge in [-0.15, -0.1) is 0 Å². The van der Waals surface area contributed by atoms with E-state index in [1.807, 2.05) is 0 Å². The fourth-order valence-electron chi connectivity index (χ4n) is 3.14. The van der Waals surface area contributed by atoms with Crippen molar-refractivity contribution in [3.8, 4) is 0 Å². The van der Waals surface area contributed by atoms with Gasteiger partial charge in [-0.1, -0.05) is 13.8 Å². The topological polar surface area (TPSA) is 71.4 Å². The van der Waals surface area contributed by atoms with Gasteiger partial charge in [-0.25, -0.2) is 0 Å². The maximum atomic E-state index is 11.6. The van der Waals surface area contributed by atoms with E-state index in [4.69, 9.17) is 4.55 Å². The summed E-state index contributed by atoms with van der Waals surface area (Å²) in [6.07, 6.45) is 1.41. The minimum atomic E-state index is -4.04. The van der Waals surface area contributed by atoms with Gasteiger partial charge in [0.05, 0.1) is 5.75 Å². The molecule has 0 aromatic rings. The minimum Gasteiger partial charge on any atom is -0.299 e. The van der Waals surface area contributed by atoms with Crippen molar-refractivity contribution in [1.29, 1.82) is 0 Å². The molecule has 0 amide bonds. The summed E-state index contributed by atoms with van der Waals surface area (Å²) in [5.41, 5.74) is 0.0588. The van der Waals surface area contributed by atoms with Crippen molar-refractivity contribution >= 4 is 15.9 Å². The molecule has 5 heteroatoms. The quantitative estimate of drug-likeness (QED) is 0.724. The number of ketones is 1. The van der Waals surface area contributed by atoms with Crippen molar-refractivity contribution in [2.24, 2.45) is 23.2 Å². The molecule has 0 unspecified atom stereocenters. The second-order valence-electron chi connectivity index (χ2n) is 5.39. The highest BCUT2D eigenvalue weighted by molar-refractivity contribution is 7.85. The van der Waals surface area contributed by atoms with Crippen molar-refractivity contribution in [2.75, 3.05) is 5.75 Å². The molecule has 1 N–H and O–H groups in total. The van der Waals surface area contributed by atoms with Crippen LogP contribution in [-0.2, 0) is 14.9 Å². The first kappa shape index (κ1) is 11.1. The zero-order chi connectivity index (χ0) is 11.4. The molecule has 0 heterocycles. The van der Waals surface area contributed by atoms with Gasteiger partial charge in [0.1, 0.15) is 5.78 Å². The van der Waals surface area contributed by atoms with E-state index in [1.54, 1.807) is 0 Å². The number of hydrogen-bond donors (Lipinski definition) is 1. The van der Waals surface area contributed by atoms with Crippen LogP contribution in [0.15, 0.2) is 0 Å². The predicted molar refractivity (Wildman–Crippen MR) is 54.9 cm³/mol. The molecule has 86 valence electrons. The summed E-state index contributed by atoms with van der Waals surface area (Å²) < 4.78 is 30.5. The second kappa shape index (κ2) is 3.04. The average Bonchev–Trinajstić information content (AvgIpc) is 2.05. The SMILES string of the molecule is CC1(C)[C@H]2CC(=O)[C@@H](CS(=O)(=O)O)[C@@H]1C2. The van der Waals surface area contributed by atoms with E-state index in [2.05, 4.69) is 13.8 Å². The summed E-state index contributed by atoms with van der Waals surface area (Å²) >= 11 is 0. The van der Waals surface area contributed by atoms with Crippen LogP contribution < -0.4 is 0 Å². The van der Waals surface area contributed by atoms with Crippen LogP contribution in [0.5, 0.6) is 0 Å². The molecule has 0 spiro atoms. The number of carbonyl (C=O) groups excluding carboxylic acids is 1. The van der Waals surface area contributed by atoms with Gasteiger partial charge in [-0.05, 0) is 23.7 Å². The number of Topliss-reactive ketones (excluding diaryl/α,β-unsaturated/α-hetero) is 1. The summed E-state index contributed by atoms with van der Waals surface area (Å²) in [5, 5.41) is 0. The molecule has 0 aliphatic heterocycles. The lowest BCUT2D eigenvalue weighted by Crippen LogP contribution is -2.57. The van der Waals surface area contributed by atoms with Crippen LogP contribution in [0.3, 0.4) is 0 Å². The van der Waals surface area contributed by atoms with Crippen molar-refractivity contribution < 1.29 is 17.8 Å². The average molecular weight is 232 g/mol. The van der Waals surface area contributed by atoms with Crippen molar-refractivity contribution in [2.45, 2.75) is 26.7 Å². The van der Waals surface area contributed by atoms with E-state index >= 15 is 0 Å². The maximum Gasteiger partial charge on any atom is 0.265 e. The summed E-state index contributed by atoms with van der Waals surface area (Å²) in [4.78, 5) is 11.6. The molecule has 0 aromatic heterocycles. The lowest BCUT2D eigenvalue weighted by molar-refractivity contribution is -0.152. The highest BCUT2D eigenvalue weighted by Crippen LogP contribution is 2.60. The van der Waals surface area contributed by atoms with Gasteiger partial charge < -0.3 is 0 Å². The Balaban J connectivity index is 2.20. The molecular formula is C10H16O4S. The Bertz CT molecular complexity index is 396. The molecule has 4 nitrogen and oxygen atoms in total. The molecule has 0 saturated heterocycles. The Morgan fingerprint density at radius 1 is 1.47 bits per heavy atom. The summed E-state index contributed by atoms with van der Waals surface area (Å²) in [6.45, 7) is 4.16. The Kier molecular flexibility index (Phi) is 2.25. The highest BCUT2D eigenvalue weighted by Gasteiger charge is 2.58. The summed E-state index contributed by atoms with van der Waals surface area (Å²) in [5.74, 6) is -0.335. The molecule has 3 rings (SSSR count). The first-order chi connectivity index (χ1) is 6.72. The fraction of sp³-hybridized carbons (Fsp3) is 0.900. The van der Waals surface area contributed by atoms with E-state index in [0.29, 0.717) is 12.3 Å². The van der Waals surface area contributed by atoms with Gasteiger partial charge in [-0.2, -0.15) is 8.42 Å². The standard InChI is InChI=1S/C10H16O4S/c1-10(2)6-3-8(10)7(9(11)4-6)5-15(12,13)14/h6-8H,3-5H2,1-2H3,(H,12,13,14)/t6-,7+,8+/m1/s1. The van der Waals surface area contributed by atoms with Crippen LogP contribution >= 0.6 is 0 Å². The minimum absolute atomic E-state index is 0.00759. The van der Waals surface area contributed by atoms with Gasteiger partial charge >= 0.3 is 0 Å². The molecule has 2 bridgehead atoms. The molecule has 3 saturated carbocycles. The number of fused-ring (bicyclic) bond motifs is 2. The van der Waals surface area contributed by atoms with Crippen LogP contribution in [0, 0.1) is 23.2 Å². The third kappa shape index (κ3) is 1.72. The zero-order valence-corrected chi connectivity index (χ0v) is 9.75. The molecule has 3 fully saturated rings. The molecule has 3 atom stereocenters. The Hall–Kier alpha value is -0.420. The fourth-order valence-corrected chi connectivity index (χ4v) is 4.01. The van der Waals surface area contributed by atoms with Crippen LogP contribution in [-0.4, -0.2) is 24.5 Å². The highest BCUT2D eigenvalue weighted by atomic mass is 32.2. The van der Waals surface area contributed by atoms with E-state index in [1.165, 1.54) is 0 Å². The summed E-state index contributed by atoms with van der Waals surface area (Å²) in [6, 6.07) is 0. The van der Waals surface area contributed by atoms with E-state index < -0.39 is 21.8 Å². The van der Waals surface area contributed by atoms with Gasteiger partial charge in [0.15, 0.2) is 0 Å². The van der Waals surface area contributed by atoms with Crippen LogP contribution in [0.4, 0.5) is 0 Å². The van der Waals surface area contributed by atoms with Gasteiger partial charge in [-0.3, -0.25) is 9.35 Å². The lowest BCUT2D eigenvalue weighted by Gasteiger charge is -2.59. The first-order valence-corrected chi connectivity index (χ1v) is 6.80. The first-order valence-electron chi connectivity index (χ1n) is 5.19. The molecule has 0 radical (unpaired) electrons. The second-order valence-corrected chi connectivity index (χ2v) is 6.88. The molecular weight excluding hydrogens is 216 g/mol. The lowest BCUT2D eigenvalue weighted by atomic mass is 9.45. The Morgan fingerprint density at radius 2 is 2.07 bits per heavy atom. The van der Waals surface area contributed by atoms with Gasteiger partial charge in [0, 0.05) is 12.3 Å². The third-order valence-electron chi connectivity index (χ3n) is 4.28. The predicted octanol–water partition coefficient (Wildman–Crippen LogP) is 1.13. The normalized spacial score (nSPS) is 38.6. The van der Waals surface area contributed by atoms with E-state index in [-0.39, 0.29) is 17.1 Å². The van der Waals surface area contributed by atoms with Crippen molar-refractivity contribution in [1.82, 2.24) is 0 Å². The molecule has 15 heavy (non-hydrogen) atoms. The summed E-state index contributed by atoms with van der Waals surface area (Å²) in [7, 11) is -4.04. The number of carbonyl (C=O) groups is 1. The Labute approximate surface area is 89.8 Å². The smallest absolute Gasteiger partial charge is 0.265 e. The molecule has 3 aliphatic carbocycles.